The summed E-state index contributed by atoms with van der Waals surface area (Å²) < 4.78 is 1.72. The average Bonchev–Trinajstić information content (AvgIpc) is 2.77. The summed E-state index contributed by atoms with van der Waals surface area (Å²) in [6, 6.07) is 0.272. The maximum Gasteiger partial charge on any atom is 0.293 e. The highest BCUT2D eigenvalue weighted by molar-refractivity contribution is 6.18. The number of aromatic nitrogens is 2. The van der Waals surface area contributed by atoms with E-state index in [0.717, 1.165) is 19.3 Å². The van der Waals surface area contributed by atoms with Crippen LogP contribution in [0.2, 0.25) is 0 Å². The first-order valence-electron chi connectivity index (χ1n) is 6.84. The molecule has 4 nitrogen and oxygen atoms in total. The molecule has 0 aromatic carbocycles. The zero-order chi connectivity index (χ0) is 14.0. The maximum atomic E-state index is 12.4. The number of rotatable bonds is 3. The van der Waals surface area contributed by atoms with Gasteiger partial charge in [0.2, 0.25) is 0 Å². The van der Waals surface area contributed by atoms with Crippen molar-refractivity contribution >= 4 is 17.4 Å². The fraction of sp³-hybridized carbons (Fsp3) is 0.714. The SMILES string of the molecule is CC(C)(C)n1ccnc(NC2CCCC2CCl)c1=O. The van der Waals surface area contributed by atoms with Crippen molar-refractivity contribution in [1.29, 1.82) is 0 Å². The number of anilines is 1. The van der Waals surface area contributed by atoms with Gasteiger partial charge in [-0.2, -0.15) is 0 Å². The van der Waals surface area contributed by atoms with E-state index in [9.17, 15) is 4.79 Å². The molecule has 0 amide bonds. The van der Waals surface area contributed by atoms with E-state index in [-0.39, 0.29) is 17.1 Å². The van der Waals surface area contributed by atoms with Crippen molar-refractivity contribution in [2.24, 2.45) is 5.92 Å². The van der Waals surface area contributed by atoms with E-state index in [0.29, 0.717) is 17.6 Å². The number of hydrogen-bond donors (Lipinski definition) is 1. The maximum absolute atomic E-state index is 12.4. The Morgan fingerprint density at radius 1 is 1.47 bits per heavy atom. The van der Waals surface area contributed by atoms with Gasteiger partial charge in [0.25, 0.3) is 5.56 Å². The molecular formula is C14H22ClN3O. The van der Waals surface area contributed by atoms with Crippen LogP contribution in [0.4, 0.5) is 5.82 Å². The van der Waals surface area contributed by atoms with Crippen LogP contribution in [0.1, 0.15) is 40.0 Å². The van der Waals surface area contributed by atoms with Crippen molar-refractivity contribution in [1.82, 2.24) is 9.55 Å². The molecule has 2 rings (SSSR count). The molecule has 1 N–H and O–H groups in total. The molecule has 1 aliphatic rings. The van der Waals surface area contributed by atoms with E-state index in [2.05, 4.69) is 10.3 Å². The Bertz CT molecular complexity index is 492. The van der Waals surface area contributed by atoms with Gasteiger partial charge in [-0.15, -0.1) is 11.6 Å². The van der Waals surface area contributed by atoms with Crippen LogP contribution in [0, 0.1) is 5.92 Å². The molecule has 19 heavy (non-hydrogen) atoms. The lowest BCUT2D eigenvalue weighted by atomic mass is 10.1. The van der Waals surface area contributed by atoms with Crippen LogP contribution in [-0.4, -0.2) is 21.5 Å². The van der Waals surface area contributed by atoms with E-state index < -0.39 is 0 Å². The zero-order valence-electron chi connectivity index (χ0n) is 11.8. The molecule has 1 aromatic heterocycles. The highest BCUT2D eigenvalue weighted by Crippen LogP contribution is 2.28. The summed E-state index contributed by atoms with van der Waals surface area (Å²) in [5.74, 6) is 1.52. The van der Waals surface area contributed by atoms with Crippen LogP contribution in [0.5, 0.6) is 0 Å². The smallest absolute Gasteiger partial charge is 0.293 e. The average molecular weight is 284 g/mol. The van der Waals surface area contributed by atoms with Gasteiger partial charge in [-0.3, -0.25) is 4.79 Å². The van der Waals surface area contributed by atoms with Crippen LogP contribution < -0.4 is 10.9 Å². The third-order valence-corrected chi connectivity index (χ3v) is 4.14. The first-order chi connectivity index (χ1) is 8.93. The summed E-state index contributed by atoms with van der Waals surface area (Å²) in [5, 5.41) is 3.29. The Labute approximate surface area is 119 Å². The van der Waals surface area contributed by atoms with E-state index in [1.165, 1.54) is 0 Å². The lowest BCUT2D eigenvalue weighted by Gasteiger charge is -2.24. The first kappa shape index (κ1) is 14.4. The van der Waals surface area contributed by atoms with Gasteiger partial charge in [0.1, 0.15) is 0 Å². The summed E-state index contributed by atoms with van der Waals surface area (Å²) in [7, 11) is 0. The molecule has 0 aliphatic heterocycles. The molecule has 106 valence electrons. The van der Waals surface area contributed by atoms with E-state index in [1.54, 1.807) is 17.0 Å². The Morgan fingerprint density at radius 2 is 2.21 bits per heavy atom. The molecule has 1 fully saturated rings. The van der Waals surface area contributed by atoms with Gasteiger partial charge in [-0.05, 0) is 39.5 Å². The third kappa shape index (κ3) is 3.11. The zero-order valence-corrected chi connectivity index (χ0v) is 12.6. The highest BCUT2D eigenvalue weighted by Gasteiger charge is 2.27. The predicted octanol–water partition coefficient (Wildman–Crippen LogP) is 2.82. The lowest BCUT2D eigenvalue weighted by Crippen LogP contribution is -2.37. The van der Waals surface area contributed by atoms with Gasteiger partial charge in [-0.25, -0.2) is 4.98 Å². The van der Waals surface area contributed by atoms with E-state index in [1.807, 2.05) is 20.8 Å². The number of hydrogen-bond acceptors (Lipinski definition) is 3. The monoisotopic (exact) mass is 283 g/mol. The van der Waals surface area contributed by atoms with Crippen LogP contribution in [-0.2, 0) is 5.54 Å². The molecule has 0 bridgehead atoms. The minimum atomic E-state index is -0.238. The molecule has 0 spiro atoms. The standard InChI is InChI=1S/C14H22ClN3O/c1-14(2,3)18-8-7-16-12(13(18)19)17-11-6-4-5-10(11)9-15/h7-8,10-11H,4-6,9H2,1-3H3,(H,16,17). The number of nitrogens with zero attached hydrogens (tertiary/aromatic N) is 2. The Hall–Kier alpha value is -1.03. The Balaban J connectivity index is 2.24. The molecule has 1 aromatic rings. The molecule has 1 saturated carbocycles. The largest absolute Gasteiger partial charge is 0.362 e. The molecule has 0 radical (unpaired) electrons. The second-order valence-electron chi connectivity index (χ2n) is 6.22. The van der Waals surface area contributed by atoms with E-state index in [4.69, 9.17) is 11.6 Å². The molecule has 1 aliphatic carbocycles. The van der Waals surface area contributed by atoms with Crippen molar-refractivity contribution in [3.8, 4) is 0 Å². The summed E-state index contributed by atoms with van der Waals surface area (Å²) >= 11 is 5.97. The van der Waals surface area contributed by atoms with Crippen molar-refractivity contribution in [3.05, 3.63) is 22.7 Å². The van der Waals surface area contributed by atoms with Crippen molar-refractivity contribution < 1.29 is 0 Å². The predicted molar refractivity (Wildman–Crippen MR) is 79.0 cm³/mol. The van der Waals surface area contributed by atoms with Crippen LogP contribution in [0.25, 0.3) is 0 Å². The van der Waals surface area contributed by atoms with E-state index >= 15 is 0 Å². The molecule has 5 heteroatoms. The van der Waals surface area contributed by atoms with Gasteiger partial charge in [0, 0.05) is 29.9 Å². The minimum absolute atomic E-state index is 0.0600. The summed E-state index contributed by atoms with van der Waals surface area (Å²) in [5.41, 5.74) is -0.298. The van der Waals surface area contributed by atoms with Crippen molar-refractivity contribution in [2.45, 2.75) is 51.6 Å². The summed E-state index contributed by atoms with van der Waals surface area (Å²) in [4.78, 5) is 16.6. The topological polar surface area (TPSA) is 46.9 Å². The Kier molecular flexibility index (Phi) is 4.19. The molecule has 1 heterocycles. The van der Waals surface area contributed by atoms with Gasteiger partial charge >= 0.3 is 0 Å². The summed E-state index contributed by atoms with van der Waals surface area (Å²) in [6.07, 6.45) is 6.76. The number of nitrogens with one attached hydrogen (secondary N) is 1. The molecular weight excluding hydrogens is 262 g/mol. The highest BCUT2D eigenvalue weighted by atomic mass is 35.5. The normalized spacial score (nSPS) is 23.6. The van der Waals surface area contributed by atoms with Gasteiger partial charge in [-0.1, -0.05) is 6.42 Å². The fourth-order valence-electron chi connectivity index (χ4n) is 2.63. The molecule has 2 unspecified atom stereocenters. The Morgan fingerprint density at radius 3 is 2.84 bits per heavy atom. The van der Waals surface area contributed by atoms with Gasteiger partial charge in [0.15, 0.2) is 5.82 Å². The number of halogens is 1. The molecule has 0 saturated heterocycles. The van der Waals surface area contributed by atoms with Crippen LogP contribution >= 0.6 is 11.6 Å². The van der Waals surface area contributed by atoms with Crippen molar-refractivity contribution in [2.75, 3.05) is 11.2 Å². The quantitative estimate of drug-likeness (QED) is 0.868. The fourth-order valence-corrected chi connectivity index (χ4v) is 3.00. The minimum Gasteiger partial charge on any atom is -0.362 e. The first-order valence-corrected chi connectivity index (χ1v) is 7.37. The lowest BCUT2D eigenvalue weighted by molar-refractivity contribution is 0.382. The van der Waals surface area contributed by atoms with Gasteiger partial charge < -0.3 is 9.88 Å². The second-order valence-corrected chi connectivity index (χ2v) is 6.53. The van der Waals surface area contributed by atoms with Crippen molar-refractivity contribution in [3.63, 3.8) is 0 Å². The number of alkyl halides is 1. The van der Waals surface area contributed by atoms with Gasteiger partial charge in [0.05, 0.1) is 0 Å². The van der Waals surface area contributed by atoms with Crippen LogP contribution in [0.15, 0.2) is 17.2 Å². The summed E-state index contributed by atoms with van der Waals surface area (Å²) in [6.45, 7) is 6.03. The second kappa shape index (κ2) is 5.53. The van der Waals surface area contributed by atoms with Crippen LogP contribution in [0.3, 0.4) is 0 Å². The third-order valence-electron chi connectivity index (χ3n) is 3.74. The molecule has 2 atom stereocenters.